The molecule has 0 aromatic heterocycles. The summed E-state index contributed by atoms with van der Waals surface area (Å²) in [6.07, 6.45) is 27.5. The van der Waals surface area contributed by atoms with Gasteiger partial charge < -0.3 is 10.7 Å². The highest BCUT2D eigenvalue weighted by atomic mass is 14.6. The third-order valence-electron chi connectivity index (χ3n) is 7.23. The Morgan fingerprint density at radius 1 is 0.900 bits per heavy atom. The van der Waals surface area contributed by atoms with Gasteiger partial charge in [-0.1, -0.05) is 138 Å². The summed E-state index contributed by atoms with van der Waals surface area (Å²) in [7, 11) is 1.64. The average Bonchev–Trinajstić information content (AvgIpc) is 3.00. The van der Waals surface area contributed by atoms with E-state index in [-0.39, 0.29) is 0 Å². The van der Waals surface area contributed by atoms with Gasteiger partial charge in [0.25, 0.3) is 0 Å². The first-order chi connectivity index (χ1) is 19.1. The second-order valence-electron chi connectivity index (χ2n) is 9.97. The first-order valence-corrected chi connectivity index (χ1v) is 16.8. The Balaban J connectivity index is -0.000000105. The van der Waals surface area contributed by atoms with Gasteiger partial charge >= 0.3 is 0 Å². The van der Waals surface area contributed by atoms with Crippen LogP contribution in [0.1, 0.15) is 174 Å². The molecule has 0 aliphatic heterocycles. The van der Waals surface area contributed by atoms with Gasteiger partial charge in [-0.25, -0.2) is 0 Å². The molecule has 0 spiro atoms. The number of unbranched alkanes of at least 4 members (excludes halogenated alkanes) is 3. The molecule has 0 amide bonds. The number of hydrogen-bond acceptors (Lipinski definition) is 2. The van der Waals surface area contributed by atoms with Gasteiger partial charge in [0.05, 0.1) is 0 Å². The maximum absolute atomic E-state index is 4.85. The maximum Gasteiger partial charge on any atom is 0.0269 e. The fraction of sp³-hybridized carbons (Fsp3) is 0.816. The summed E-state index contributed by atoms with van der Waals surface area (Å²) in [5.74, 6) is 1.66. The van der Waals surface area contributed by atoms with Crippen LogP contribution < -0.4 is 5.73 Å². The molecule has 2 heteroatoms. The van der Waals surface area contributed by atoms with Crippen molar-refractivity contribution in [2.45, 2.75) is 174 Å². The van der Waals surface area contributed by atoms with Crippen LogP contribution in [-0.2, 0) is 0 Å². The molecular formula is C38H82N2. The smallest absolute Gasteiger partial charge is 0.0269 e. The Bertz CT molecular complexity index is 499. The quantitative estimate of drug-likeness (QED) is 0.0965. The standard InChI is InChI=1S/C23H44.C5H12.C2H5N.C2H7N.2C2H6.C2H2/c1-9-19(5)20(6)15-13-14-16-22(11-3)17-18-23(8,12-4)21(7)10-2;1-3-5-4-2;1-3-2;1-2-3;3*1-2/h10,15,19,22H,9,11-14,16-18H2,1-8H3;3-5H2,1-2H3;1H2,2H3;2-3H2,1H3;2*1-2H3;1-2H/b20-15-,21-10-;;;;;;. The zero-order valence-corrected chi connectivity index (χ0v) is 31.2. The van der Waals surface area contributed by atoms with E-state index in [0.717, 1.165) is 18.4 Å². The molecule has 40 heavy (non-hydrogen) atoms. The third kappa shape index (κ3) is 43.7. The number of nitrogens with two attached hydrogens (primary N) is 1. The molecule has 0 bridgehead atoms. The lowest BCUT2D eigenvalue weighted by molar-refractivity contribution is 0.291. The highest BCUT2D eigenvalue weighted by Crippen LogP contribution is 2.37. The van der Waals surface area contributed by atoms with Crippen molar-refractivity contribution >= 4 is 6.72 Å². The zero-order chi connectivity index (χ0) is 33.4. The van der Waals surface area contributed by atoms with Crippen LogP contribution in [0.25, 0.3) is 0 Å². The molecule has 0 saturated carbocycles. The van der Waals surface area contributed by atoms with Crippen molar-refractivity contribution in [3.8, 4) is 12.8 Å². The van der Waals surface area contributed by atoms with Crippen LogP contribution in [0.15, 0.2) is 28.3 Å². The van der Waals surface area contributed by atoms with Gasteiger partial charge in [-0.05, 0) is 89.8 Å². The normalized spacial score (nSPS) is 12.9. The van der Waals surface area contributed by atoms with Crippen molar-refractivity contribution in [2.75, 3.05) is 13.6 Å². The van der Waals surface area contributed by atoms with Crippen molar-refractivity contribution in [1.29, 1.82) is 0 Å². The zero-order valence-electron chi connectivity index (χ0n) is 31.2. The molecule has 0 heterocycles. The van der Waals surface area contributed by atoms with E-state index in [0.29, 0.717) is 5.41 Å². The summed E-state index contributed by atoms with van der Waals surface area (Å²) in [5, 5.41) is 0. The fourth-order valence-electron chi connectivity index (χ4n) is 3.69. The van der Waals surface area contributed by atoms with Crippen LogP contribution in [-0.4, -0.2) is 20.3 Å². The summed E-state index contributed by atoms with van der Waals surface area (Å²) < 4.78 is 0. The molecule has 0 rings (SSSR count). The molecular weight excluding hydrogens is 484 g/mol. The molecule has 244 valence electrons. The van der Waals surface area contributed by atoms with Gasteiger partial charge in [0.1, 0.15) is 0 Å². The average molecular weight is 567 g/mol. The molecule has 2 nitrogen and oxygen atoms in total. The number of hydrogen-bond donors (Lipinski definition) is 1. The van der Waals surface area contributed by atoms with Crippen LogP contribution in [0.4, 0.5) is 0 Å². The van der Waals surface area contributed by atoms with Crippen molar-refractivity contribution in [1.82, 2.24) is 0 Å². The van der Waals surface area contributed by atoms with Gasteiger partial charge in [0, 0.05) is 7.05 Å². The Labute approximate surface area is 258 Å². The van der Waals surface area contributed by atoms with E-state index in [1.54, 1.807) is 18.2 Å². The van der Waals surface area contributed by atoms with E-state index < -0.39 is 0 Å². The number of allylic oxidation sites excluding steroid dienone is 4. The van der Waals surface area contributed by atoms with Gasteiger partial charge in [-0.15, -0.1) is 12.8 Å². The molecule has 0 aliphatic rings. The van der Waals surface area contributed by atoms with Gasteiger partial charge in [0.2, 0.25) is 0 Å². The molecule has 0 saturated heterocycles. The predicted molar refractivity (Wildman–Crippen MR) is 196 cm³/mol. The molecule has 0 aromatic rings. The Morgan fingerprint density at radius 3 is 1.60 bits per heavy atom. The van der Waals surface area contributed by atoms with Crippen molar-refractivity contribution < 1.29 is 0 Å². The summed E-state index contributed by atoms with van der Waals surface area (Å²) in [5.41, 5.74) is 8.42. The third-order valence-corrected chi connectivity index (χ3v) is 7.23. The summed E-state index contributed by atoms with van der Waals surface area (Å²) >= 11 is 0. The lowest BCUT2D eigenvalue weighted by Crippen LogP contribution is -2.18. The number of rotatable bonds is 14. The Morgan fingerprint density at radius 2 is 1.32 bits per heavy atom. The van der Waals surface area contributed by atoms with Crippen molar-refractivity contribution in [3.05, 3.63) is 23.3 Å². The molecule has 3 atom stereocenters. The van der Waals surface area contributed by atoms with Gasteiger partial charge in [-0.3, -0.25) is 0 Å². The lowest BCUT2D eigenvalue weighted by atomic mass is 9.74. The van der Waals surface area contributed by atoms with Crippen LogP contribution in [0.5, 0.6) is 0 Å². The van der Waals surface area contributed by atoms with Crippen LogP contribution >= 0.6 is 0 Å². The topological polar surface area (TPSA) is 38.4 Å². The van der Waals surface area contributed by atoms with Crippen molar-refractivity contribution in [3.63, 3.8) is 0 Å². The summed E-state index contributed by atoms with van der Waals surface area (Å²) in [6, 6.07) is 0. The first kappa shape index (κ1) is 54.7. The molecule has 3 unspecified atom stereocenters. The highest BCUT2D eigenvalue weighted by Gasteiger charge is 2.24. The first-order valence-electron chi connectivity index (χ1n) is 16.8. The Kier molecular flexibility index (Phi) is 69.1. The molecule has 0 aromatic carbocycles. The van der Waals surface area contributed by atoms with E-state index >= 15 is 0 Å². The van der Waals surface area contributed by atoms with E-state index in [9.17, 15) is 0 Å². The summed E-state index contributed by atoms with van der Waals surface area (Å²) in [6.45, 7) is 36.8. The SMILES string of the molecule is C#C.C/C=C(/C)C(C)(CC)CCC(CC)CCC/C=C(/C)C(C)CC.C=NC.CC.CC.CCCCC.CCN. The highest BCUT2D eigenvalue weighted by molar-refractivity contribution is 5.22. The largest absolute Gasteiger partial charge is 0.331 e. The van der Waals surface area contributed by atoms with Gasteiger partial charge in [0.15, 0.2) is 0 Å². The second-order valence-corrected chi connectivity index (χ2v) is 9.97. The Hall–Kier alpha value is -1.33. The van der Waals surface area contributed by atoms with E-state index in [4.69, 9.17) is 5.73 Å². The molecule has 2 N–H and O–H groups in total. The van der Waals surface area contributed by atoms with E-state index in [2.05, 4.69) is 106 Å². The number of terminal acetylenes is 1. The number of nitrogens with zero attached hydrogens (tertiary/aromatic N) is 1. The van der Waals surface area contributed by atoms with Crippen molar-refractivity contribution in [2.24, 2.45) is 28.0 Å². The predicted octanol–water partition coefficient (Wildman–Crippen LogP) is 13.1. The van der Waals surface area contributed by atoms with Crippen LogP contribution in [0.3, 0.4) is 0 Å². The molecule has 0 aliphatic carbocycles. The fourth-order valence-corrected chi connectivity index (χ4v) is 3.69. The molecule has 0 fully saturated rings. The number of aliphatic imine (C=N–C) groups is 1. The van der Waals surface area contributed by atoms with Crippen LogP contribution in [0.2, 0.25) is 0 Å². The maximum atomic E-state index is 4.85. The minimum Gasteiger partial charge on any atom is -0.331 e. The van der Waals surface area contributed by atoms with Crippen LogP contribution in [0, 0.1) is 30.1 Å². The van der Waals surface area contributed by atoms with Gasteiger partial charge in [-0.2, -0.15) is 0 Å². The summed E-state index contributed by atoms with van der Waals surface area (Å²) in [4.78, 5) is 3.25. The lowest BCUT2D eigenvalue weighted by Gasteiger charge is -2.31. The minimum absolute atomic E-state index is 0.412. The van der Waals surface area contributed by atoms with E-state index in [1.807, 2.05) is 34.6 Å². The second kappa shape index (κ2) is 50.5. The minimum atomic E-state index is 0.412. The monoisotopic (exact) mass is 567 g/mol. The molecule has 0 radical (unpaired) electrons. The van der Waals surface area contributed by atoms with E-state index in [1.165, 1.54) is 70.6 Å².